The van der Waals surface area contributed by atoms with Crippen molar-refractivity contribution in [3.8, 4) is 0 Å². The number of pyridine rings is 1. The summed E-state index contributed by atoms with van der Waals surface area (Å²) in [6, 6.07) is 3.40. The molecule has 0 unspecified atom stereocenters. The number of aromatic nitrogens is 1. The summed E-state index contributed by atoms with van der Waals surface area (Å²) in [5.74, 6) is 0.434. The molecule has 1 aliphatic rings. The second kappa shape index (κ2) is 8.48. The Hall–Kier alpha value is -0.620. The number of hydrogen-bond donors (Lipinski definition) is 2. The number of halogens is 3. The van der Waals surface area contributed by atoms with Crippen molar-refractivity contribution in [3.05, 3.63) is 23.9 Å². The van der Waals surface area contributed by atoms with E-state index in [1.807, 2.05) is 6.07 Å². The van der Waals surface area contributed by atoms with Gasteiger partial charge < -0.3 is 11.1 Å². The second-order valence-electron chi connectivity index (χ2n) is 3.93. The molecule has 0 saturated carbocycles. The Kier molecular flexibility index (Phi) is 8.18. The Balaban J connectivity index is 0.00000144. The highest BCUT2D eigenvalue weighted by atomic mass is 35.5. The Bertz CT molecular complexity index is 348. The fourth-order valence-electron chi connectivity index (χ4n) is 2.08. The average molecular weight is 297 g/mol. The Labute approximate surface area is 119 Å². The van der Waals surface area contributed by atoms with Crippen LogP contribution in [0.2, 0.25) is 0 Å². The van der Waals surface area contributed by atoms with E-state index in [1.165, 1.54) is 0 Å². The summed E-state index contributed by atoms with van der Waals surface area (Å²) in [5.41, 5.74) is 6.58. The first-order valence-corrected chi connectivity index (χ1v) is 5.54. The van der Waals surface area contributed by atoms with E-state index in [-0.39, 0.29) is 30.9 Å². The predicted octanol–water partition coefficient (Wildman–Crippen LogP) is 1.42. The average Bonchev–Trinajstić information content (AvgIpc) is 2.34. The second-order valence-corrected chi connectivity index (χ2v) is 3.93. The summed E-state index contributed by atoms with van der Waals surface area (Å²) in [5, 5.41) is 3.25. The van der Waals surface area contributed by atoms with Gasteiger partial charge >= 0.3 is 0 Å². The van der Waals surface area contributed by atoms with Crippen molar-refractivity contribution in [1.82, 2.24) is 15.2 Å². The molecule has 1 aromatic rings. The minimum absolute atomic E-state index is 0. The van der Waals surface area contributed by atoms with E-state index in [0.29, 0.717) is 5.82 Å². The van der Waals surface area contributed by atoms with Crippen molar-refractivity contribution in [1.29, 1.82) is 0 Å². The van der Waals surface area contributed by atoms with Crippen molar-refractivity contribution < 1.29 is 4.39 Å². The van der Waals surface area contributed by atoms with Gasteiger partial charge in [-0.15, -0.1) is 24.8 Å². The van der Waals surface area contributed by atoms with E-state index in [9.17, 15) is 4.39 Å². The quantitative estimate of drug-likeness (QED) is 0.886. The molecule has 1 saturated heterocycles. The number of nitrogens with zero attached hydrogens (tertiary/aromatic N) is 2. The number of nitrogens with one attached hydrogen (secondary N) is 1. The van der Waals surface area contributed by atoms with E-state index in [0.717, 1.165) is 31.7 Å². The van der Waals surface area contributed by atoms with Crippen LogP contribution in [0.25, 0.3) is 0 Å². The molecule has 2 heterocycles. The van der Waals surface area contributed by atoms with Crippen LogP contribution in [0, 0.1) is 0 Å². The molecule has 0 radical (unpaired) electrons. The first-order chi connectivity index (χ1) is 7.83. The van der Waals surface area contributed by atoms with Gasteiger partial charge in [0.25, 0.3) is 0 Å². The van der Waals surface area contributed by atoms with Crippen molar-refractivity contribution in [3.63, 3.8) is 0 Å². The van der Waals surface area contributed by atoms with Crippen LogP contribution in [0.4, 0.5) is 10.2 Å². The molecule has 104 valence electrons. The lowest BCUT2D eigenvalue weighted by molar-refractivity contribution is 0.148. The molecule has 1 aliphatic heterocycles. The van der Waals surface area contributed by atoms with Gasteiger partial charge in [-0.05, 0) is 6.07 Å². The SMILES string of the molecule is Cl.Cl.Nc1ncccc1[C@@H](CF)N1CCNCC1. The number of hydrogen-bond acceptors (Lipinski definition) is 4. The van der Waals surface area contributed by atoms with Gasteiger partial charge in [-0.1, -0.05) is 6.07 Å². The molecular weight excluding hydrogens is 278 g/mol. The third kappa shape index (κ3) is 3.95. The van der Waals surface area contributed by atoms with Crippen LogP contribution in [0.1, 0.15) is 11.6 Å². The fraction of sp³-hybridized carbons (Fsp3) is 0.545. The highest BCUT2D eigenvalue weighted by Gasteiger charge is 2.23. The first-order valence-electron chi connectivity index (χ1n) is 5.54. The van der Waals surface area contributed by atoms with Crippen LogP contribution < -0.4 is 11.1 Å². The lowest BCUT2D eigenvalue weighted by Crippen LogP contribution is -2.45. The topological polar surface area (TPSA) is 54.2 Å². The number of nitrogens with two attached hydrogens (primary N) is 1. The summed E-state index contributed by atoms with van der Waals surface area (Å²) in [6.45, 7) is 3.08. The maximum Gasteiger partial charge on any atom is 0.128 e. The molecule has 0 bridgehead atoms. The molecule has 4 nitrogen and oxygen atoms in total. The van der Waals surface area contributed by atoms with Crippen LogP contribution in [-0.2, 0) is 0 Å². The monoisotopic (exact) mass is 296 g/mol. The minimum atomic E-state index is -0.421. The van der Waals surface area contributed by atoms with E-state index in [2.05, 4.69) is 15.2 Å². The van der Waals surface area contributed by atoms with Gasteiger partial charge in [0.15, 0.2) is 0 Å². The van der Waals surface area contributed by atoms with E-state index >= 15 is 0 Å². The molecule has 18 heavy (non-hydrogen) atoms. The van der Waals surface area contributed by atoms with Crippen LogP contribution >= 0.6 is 24.8 Å². The highest BCUT2D eigenvalue weighted by Crippen LogP contribution is 2.24. The number of rotatable bonds is 3. The van der Waals surface area contributed by atoms with Gasteiger partial charge in [0.05, 0.1) is 6.04 Å². The number of piperazine rings is 1. The number of alkyl halides is 1. The zero-order valence-electron chi connectivity index (χ0n) is 10.0. The van der Waals surface area contributed by atoms with Crippen molar-refractivity contribution in [2.75, 3.05) is 38.6 Å². The van der Waals surface area contributed by atoms with Gasteiger partial charge in [-0.25, -0.2) is 9.37 Å². The van der Waals surface area contributed by atoms with E-state index in [4.69, 9.17) is 5.73 Å². The summed E-state index contributed by atoms with van der Waals surface area (Å²) in [6.07, 6.45) is 1.63. The fourth-order valence-corrected chi connectivity index (χ4v) is 2.08. The molecule has 1 aromatic heterocycles. The highest BCUT2D eigenvalue weighted by molar-refractivity contribution is 5.85. The lowest BCUT2D eigenvalue weighted by atomic mass is 10.1. The van der Waals surface area contributed by atoms with Crippen molar-refractivity contribution in [2.45, 2.75) is 6.04 Å². The van der Waals surface area contributed by atoms with E-state index < -0.39 is 6.67 Å². The summed E-state index contributed by atoms with van der Waals surface area (Å²) < 4.78 is 13.2. The minimum Gasteiger partial charge on any atom is -0.383 e. The molecule has 0 aromatic carbocycles. The van der Waals surface area contributed by atoms with Gasteiger partial charge in [0, 0.05) is 37.9 Å². The molecule has 1 fully saturated rings. The van der Waals surface area contributed by atoms with Gasteiger partial charge in [0.2, 0.25) is 0 Å². The van der Waals surface area contributed by atoms with Gasteiger partial charge in [0.1, 0.15) is 12.5 Å². The smallest absolute Gasteiger partial charge is 0.128 e. The van der Waals surface area contributed by atoms with Crippen LogP contribution in [-0.4, -0.2) is 42.7 Å². The van der Waals surface area contributed by atoms with Gasteiger partial charge in [-0.2, -0.15) is 0 Å². The molecule has 7 heteroatoms. The number of nitrogen functional groups attached to an aromatic ring is 1. The number of anilines is 1. The lowest BCUT2D eigenvalue weighted by Gasteiger charge is -2.33. The normalized spacial score (nSPS) is 17.4. The van der Waals surface area contributed by atoms with Crippen molar-refractivity contribution in [2.24, 2.45) is 0 Å². The zero-order valence-corrected chi connectivity index (χ0v) is 11.6. The summed E-state index contributed by atoms with van der Waals surface area (Å²) in [7, 11) is 0. The van der Waals surface area contributed by atoms with Crippen LogP contribution in [0.15, 0.2) is 18.3 Å². The van der Waals surface area contributed by atoms with Crippen molar-refractivity contribution >= 4 is 30.6 Å². The van der Waals surface area contributed by atoms with Crippen LogP contribution in [0.3, 0.4) is 0 Å². The molecule has 0 spiro atoms. The largest absolute Gasteiger partial charge is 0.383 e. The third-order valence-electron chi connectivity index (χ3n) is 2.97. The third-order valence-corrected chi connectivity index (χ3v) is 2.97. The molecule has 0 amide bonds. The Morgan fingerprint density at radius 3 is 2.61 bits per heavy atom. The molecule has 1 atom stereocenters. The van der Waals surface area contributed by atoms with E-state index in [1.54, 1.807) is 12.3 Å². The Morgan fingerprint density at radius 2 is 2.06 bits per heavy atom. The zero-order chi connectivity index (χ0) is 11.4. The first kappa shape index (κ1) is 17.4. The predicted molar refractivity (Wildman–Crippen MR) is 76.3 cm³/mol. The molecular formula is C11H19Cl2FN4. The maximum atomic E-state index is 13.2. The molecule has 3 N–H and O–H groups in total. The summed E-state index contributed by atoms with van der Waals surface area (Å²) in [4.78, 5) is 6.13. The molecule has 0 aliphatic carbocycles. The maximum absolute atomic E-state index is 13.2. The molecule has 2 rings (SSSR count). The van der Waals surface area contributed by atoms with Gasteiger partial charge in [-0.3, -0.25) is 4.90 Å². The Morgan fingerprint density at radius 1 is 1.39 bits per heavy atom. The standard InChI is InChI=1S/C11H17FN4.2ClH/c12-8-10(16-6-4-14-5-7-16)9-2-1-3-15-11(9)13;;/h1-3,10,14H,4-8H2,(H2,13,15);2*1H/t10-;;/m1../s1. The summed E-state index contributed by atoms with van der Waals surface area (Å²) >= 11 is 0. The van der Waals surface area contributed by atoms with Crippen LogP contribution in [0.5, 0.6) is 0 Å².